The van der Waals surface area contributed by atoms with Gasteiger partial charge in [0, 0.05) is 35.7 Å². The van der Waals surface area contributed by atoms with Crippen LogP contribution in [0.2, 0.25) is 5.02 Å². The number of hydrogen-bond acceptors (Lipinski definition) is 9. The molecule has 39 heavy (non-hydrogen) atoms. The highest BCUT2D eigenvalue weighted by Crippen LogP contribution is 2.39. The number of benzene rings is 3. The van der Waals surface area contributed by atoms with Gasteiger partial charge in [0.1, 0.15) is 5.75 Å². The summed E-state index contributed by atoms with van der Waals surface area (Å²) < 4.78 is 26.5. The minimum absolute atomic E-state index is 0.0652. The molecule has 0 spiro atoms. The van der Waals surface area contributed by atoms with Gasteiger partial charge in [0.2, 0.25) is 5.75 Å². The molecule has 0 aliphatic rings. The maximum Gasteiger partial charge on any atom is 0.311 e. The van der Waals surface area contributed by atoms with Crippen LogP contribution in [0.5, 0.6) is 28.7 Å². The Morgan fingerprint density at radius 2 is 1.49 bits per heavy atom. The number of nitrogens with one attached hydrogen (secondary N) is 1. The zero-order valence-corrected chi connectivity index (χ0v) is 22.7. The van der Waals surface area contributed by atoms with Crippen molar-refractivity contribution in [3.8, 4) is 28.7 Å². The molecule has 0 radical (unpaired) electrons. The number of carbonyl (C=O) groups excluding carboxylic acids is 1. The van der Waals surface area contributed by atoms with Gasteiger partial charge in [-0.25, -0.2) is 0 Å². The Kier molecular flexibility index (Phi) is 9.77. The van der Waals surface area contributed by atoms with Crippen molar-refractivity contribution in [2.45, 2.75) is 0 Å². The molecule has 0 aliphatic heterocycles. The lowest BCUT2D eigenvalue weighted by atomic mass is 10.1. The van der Waals surface area contributed by atoms with E-state index in [1.807, 2.05) is 12.2 Å². The first-order valence-corrected chi connectivity index (χ1v) is 11.8. The van der Waals surface area contributed by atoms with Crippen LogP contribution in [0.3, 0.4) is 0 Å². The van der Waals surface area contributed by atoms with E-state index in [0.717, 1.165) is 5.56 Å². The minimum Gasteiger partial charge on any atom is -0.495 e. The molecule has 0 amide bonds. The number of carbonyl (C=O) groups is 1. The van der Waals surface area contributed by atoms with Crippen molar-refractivity contribution in [3.63, 3.8) is 0 Å². The van der Waals surface area contributed by atoms with E-state index in [1.165, 1.54) is 66.0 Å². The van der Waals surface area contributed by atoms with Gasteiger partial charge in [-0.3, -0.25) is 14.9 Å². The second-order valence-electron chi connectivity index (χ2n) is 7.85. The van der Waals surface area contributed by atoms with Gasteiger partial charge in [0.05, 0.1) is 45.5 Å². The third kappa shape index (κ3) is 6.79. The highest BCUT2D eigenvalue weighted by atomic mass is 35.5. The van der Waals surface area contributed by atoms with E-state index in [9.17, 15) is 14.9 Å². The molecule has 0 saturated heterocycles. The summed E-state index contributed by atoms with van der Waals surface area (Å²) in [7, 11) is 7.41. The molecule has 1 N–H and O–H groups in total. The Morgan fingerprint density at radius 3 is 2.05 bits per heavy atom. The number of halogens is 1. The third-order valence-electron chi connectivity index (χ3n) is 5.60. The van der Waals surface area contributed by atoms with Crippen LogP contribution in [0.4, 0.5) is 11.4 Å². The summed E-state index contributed by atoms with van der Waals surface area (Å²) in [5, 5.41) is 14.7. The Hall–Kier alpha value is -4.70. The number of anilines is 1. The summed E-state index contributed by atoms with van der Waals surface area (Å²) in [6.07, 6.45) is 6.34. The quantitative estimate of drug-likeness (QED) is 0.0908. The Labute approximate surface area is 230 Å². The Balaban J connectivity index is 1.90. The van der Waals surface area contributed by atoms with Gasteiger partial charge in [-0.05, 0) is 41.5 Å². The lowest BCUT2D eigenvalue weighted by Crippen LogP contribution is -2.00. The number of ether oxygens (including phenoxy) is 5. The molecule has 10 nitrogen and oxygen atoms in total. The van der Waals surface area contributed by atoms with Crippen molar-refractivity contribution in [2.24, 2.45) is 0 Å². The van der Waals surface area contributed by atoms with E-state index in [1.54, 1.807) is 24.3 Å². The summed E-state index contributed by atoms with van der Waals surface area (Å²) in [5.41, 5.74) is 1.88. The van der Waals surface area contributed by atoms with Crippen molar-refractivity contribution in [2.75, 3.05) is 40.9 Å². The number of allylic oxidation sites excluding steroid dienone is 1. The molecule has 11 heteroatoms. The van der Waals surface area contributed by atoms with Gasteiger partial charge < -0.3 is 29.0 Å². The Morgan fingerprint density at radius 1 is 0.846 bits per heavy atom. The summed E-state index contributed by atoms with van der Waals surface area (Å²) in [6, 6.07) is 11.0. The average Bonchev–Trinajstić information content (AvgIpc) is 2.95. The van der Waals surface area contributed by atoms with Gasteiger partial charge in [0.25, 0.3) is 0 Å². The maximum absolute atomic E-state index is 12.7. The van der Waals surface area contributed by atoms with Crippen LogP contribution in [-0.4, -0.2) is 46.3 Å². The molecule has 0 bridgehead atoms. The van der Waals surface area contributed by atoms with E-state index < -0.39 is 10.7 Å². The van der Waals surface area contributed by atoms with E-state index >= 15 is 0 Å². The van der Waals surface area contributed by atoms with Crippen molar-refractivity contribution in [3.05, 3.63) is 86.6 Å². The number of ketones is 1. The lowest BCUT2D eigenvalue weighted by Gasteiger charge is -2.13. The van der Waals surface area contributed by atoms with Crippen LogP contribution in [-0.2, 0) is 0 Å². The summed E-state index contributed by atoms with van der Waals surface area (Å²) >= 11 is 6.37. The van der Waals surface area contributed by atoms with Gasteiger partial charge in [-0.1, -0.05) is 23.8 Å². The average molecular weight is 555 g/mol. The number of nitrogens with zero attached hydrogens (tertiary/aromatic N) is 1. The third-order valence-corrected chi connectivity index (χ3v) is 5.90. The van der Waals surface area contributed by atoms with Crippen LogP contribution in [0.25, 0.3) is 12.2 Å². The number of nitro groups is 1. The maximum atomic E-state index is 12.7. The molecule has 3 aromatic carbocycles. The van der Waals surface area contributed by atoms with E-state index in [2.05, 4.69) is 5.32 Å². The number of methoxy groups -OCH3 is 5. The fourth-order valence-corrected chi connectivity index (χ4v) is 3.91. The first kappa shape index (κ1) is 28.9. The standard InChI is InChI=1S/C28H27ClN2O8/c1-35-24-9-8-19(15-22(24)31(33)34)23(32)10-11-30-21-16-25(36-2)20(29)14-18(21)7-6-17-12-26(37-3)28(39-5)27(13-17)38-4/h6-16,30H,1-5H3. The van der Waals surface area contributed by atoms with E-state index in [-0.39, 0.29) is 17.0 Å². The molecular formula is C28H27ClN2O8. The molecule has 0 heterocycles. The highest BCUT2D eigenvalue weighted by Gasteiger charge is 2.17. The van der Waals surface area contributed by atoms with Crippen LogP contribution in [0, 0.1) is 10.1 Å². The van der Waals surface area contributed by atoms with Crippen molar-refractivity contribution >= 4 is 40.9 Å². The van der Waals surface area contributed by atoms with Crippen LogP contribution >= 0.6 is 11.6 Å². The highest BCUT2D eigenvalue weighted by molar-refractivity contribution is 6.32. The molecule has 0 aromatic heterocycles. The van der Waals surface area contributed by atoms with Gasteiger partial charge in [-0.2, -0.15) is 0 Å². The van der Waals surface area contributed by atoms with Crippen LogP contribution < -0.4 is 29.0 Å². The molecule has 204 valence electrons. The second-order valence-corrected chi connectivity index (χ2v) is 8.26. The fraction of sp³-hybridized carbons (Fsp3) is 0.179. The van der Waals surface area contributed by atoms with E-state index in [0.29, 0.717) is 39.3 Å². The number of nitro benzene ring substituents is 1. The molecule has 0 unspecified atom stereocenters. The van der Waals surface area contributed by atoms with Crippen molar-refractivity contribution in [1.82, 2.24) is 0 Å². The largest absolute Gasteiger partial charge is 0.495 e. The first-order valence-electron chi connectivity index (χ1n) is 11.4. The lowest BCUT2D eigenvalue weighted by molar-refractivity contribution is -0.385. The molecule has 0 atom stereocenters. The second kappa shape index (κ2) is 13.2. The Bertz CT molecular complexity index is 1410. The molecular weight excluding hydrogens is 528 g/mol. The predicted molar refractivity (Wildman–Crippen MR) is 150 cm³/mol. The monoisotopic (exact) mass is 554 g/mol. The minimum atomic E-state index is -0.607. The molecule has 0 aliphatic carbocycles. The summed E-state index contributed by atoms with van der Waals surface area (Å²) in [4.78, 5) is 23.3. The normalized spacial score (nSPS) is 10.9. The zero-order chi connectivity index (χ0) is 28.5. The fourth-order valence-electron chi connectivity index (χ4n) is 3.66. The smallest absolute Gasteiger partial charge is 0.311 e. The molecule has 0 fully saturated rings. The first-order chi connectivity index (χ1) is 18.8. The van der Waals surface area contributed by atoms with Crippen molar-refractivity contribution < 1.29 is 33.4 Å². The summed E-state index contributed by atoms with van der Waals surface area (Å²) in [6.45, 7) is 0. The van der Waals surface area contributed by atoms with Gasteiger partial charge in [-0.15, -0.1) is 0 Å². The van der Waals surface area contributed by atoms with E-state index in [4.69, 9.17) is 35.3 Å². The number of hydrogen-bond donors (Lipinski definition) is 1. The summed E-state index contributed by atoms with van der Waals surface area (Å²) in [5.74, 6) is 1.53. The topological polar surface area (TPSA) is 118 Å². The zero-order valence-electron chi connectivity index (χ0n) is 21.9. The van der Waals surface area contributed by atoms with Crippen LogP contribution in [0.1, 0.15) is 21.5 Å². The van der Waals surface area contributed by atoms with Crippen LogP contribution in [0.15, 0.2) is 54.7 Å². The molecule has 3 rings (SSSR count). The molecule has 3 aromatic rings. The van der Waals surface area contributed by atoms with Gasteiger partial charge >= 0.3 is 5.69 Å². The van der Waals surface area contributed by atoms with Gasteiger partial charge in [0.15, 0.2) is 23.0 Å². The SMILES string of the molecule is COc1cc(NC=CC(=O)c2ccc(OC)c([N+](=O)[O-])c2)c(C=Cc2cc(OC)c(OC)c(OC)c2)cc1Cl. The van der Waals surface area contributed by atoms with Crippen molar-refractivity contribution in [1.29, 1.82) is 0 Å². The number of rotatable bonds is 12. The predicted octanol–water partition coefficient (Wildman–Crippen LogP) is 6.27. The molecule has 0 saturated carbocycles.